The first-order valence-corrected chi connectivity index (χ1v) is 10.5. The van der Waals surface area contributed by atoms with Crippen LogP contribution >= 0.6 is 0 Å². The van der Waals surface area contributed by atoms with Gasteiger partial charge in [0.25, 0.3) is 5.91 Å². The van der Waals surface area contributed by atoms with Crippen molar-refractivity contribution in [3.63, 3.8) is 0 Å². The molecule has 2 atom stereocenters. The van der Waals surface area contributed by atoms with E-state index in [9.17, 15) is 14.7 Å². The lowest BCUT2D eigenvalue weighted by atomic mass is 9.92. The van der Waals surface area contributed by atoms with Crippen LogP contribution in [0.15, 0.2) is 91.0 Å². The number of aromatic hydroxyl groups is 1. The van der Waals surface area contributed by atoms with Crippen LogP contribution in [0.3, 0.4) is 0 Å². The highest BCUT2D eigenvalue weighted by Crippen LogP contribution is 2.36. The molecule has 0 bridgehead atoms. The van der Waals surface area contributed by atoms with Crippen molar-refractivity contribution in [3.05, 3.63) is 113 Å². The summed E-state index contributed by atoms with van der Waals surface area (Å²) in [4.78, 5) is 25.7. The van der Waals surface area contributed by atoms with Gasteiger partial charge in [-0.1, -0.05) is 78.9 Å². The zero-order valence-electron chi connectivity index (χ0n) is 17.2. The van der Waals surface area contributed by atoms with Crippen LogP contribution in [-0.2, 0) is 16.0 Å². The molecule has 4 aromatic carbocycles. The van der Waals surface area contributed by atoms with Crippen LogP contribution in [0, 0.1) is 0 Å². The average molecular weight is 423 g/mol. The number of hydrogen-bond acceptors (Lipinski definition) is 4. The van der Waals surface area contributed by atoms with Crippen LogP contribution in [0.2, 0.25) is 0 Å². The predicted molar refractivity (Wildman–Crippen MR) is 121 cm³/mol. The van der Waals surface area contributed by atoms with Gasteiger partial charge in [0.1, 0.15) is 5.75 Å². The first kappa shape index (κ1) is 19.8. The maximum atomic E-state index is 13.3. The minimum atomic E-state index is -0.944. The van der Waals surface area contributed by atoms with E-state index in [1.807, 2.05) is 72.8 Å². The molecule has 0 spiro atoms. The number of carbonyl (C=O) groups is 2. The van der Waals surface area contributed by atoms with Gasteiger partial charge in [-0.2, -0.15) is 0 Å². The largest absolute Gasteiger partial charge is 0.508 e. The Bertz CT molecular complexity index is 1320. The van der Waals surface area contributed by atoms with Crippen molar-refractivity contribution < 1.29 is 19.4 Å². The molecule has 2 unspecified atom stereocenters. The number of ether oxygens (including phenoxy) is 1. The lowest BCUT2D eigenvalue weighted by molar-refractivity contribution is -0.130. The Hall–Kier alpha value is -4.12. The molecule has 1 aliphatic heterocycles. The van der Waals surface area contributed by atoms with E-state index < -0.39 is 24.0 Å². The van der Waals surface area contributed by atoms with Gasteiger partial charge >= 0.3 is 5.97 Å². The van der Waals surface area contributed by atoms with E-state index in [0.717, 1.165) is 21.9 Å². The van der Waals surface area contributed by atoms with Crippen molar-refractivity contribution in [2.24, 2.45) is 0 Å². The third-order valence-corrected chi connectivity index (χ3v) is 5.84. The van der Waals surface area contributed by atoms with Crippen LogP contribution in [0.1, 0.15) is 33.1 Å². The van der Waals surface area contributed by atoms with Crippen LogP contribution < -0.4 is 5.32 Å². The van der Waals surface area contributed by atoms with Crippen LogP contribution in [0.5, 0.6) is 5.75 Å². The van der Waals surface area contributed by atoms with Crippen LogP contribution in [-0.4, -0.2) is 23.1 Å². The van der Waals surface area contributed by atoms with Crippen molar-refractivity contribution in [3.8, 4) is 5.75 Å². The van der Waals surface area contributed by atoms with Crippen molar-refractivity contribution in [2.75, 3.05) is 0 Å². The van der Waals surface area contributed by atoms with E-state index in [1.54, 1.807) is 18.2 Å². The van der Waals surface area contributed by atoms with Gasteiger partial charge in [-0.15, -0.1) is 0 Å². The van der Waals surface area contributed by atoms with Crippen LogP contribution in [0.4, 0.5) is 0 Å². The third kappa shape index (κ3) is 3.58. The molecule has 5 heteroatoms. The van der Waals surface area contributed by atoms with E-state index in [1.165, 1.54) is 0 Å². The van der Waals surface area contributed by atoms with E-state index in [4.69, 9.17) is 4.74 Å². The number of amides is 1. The van der Waals surface area contributed by atoms with Gasteiger partial charge in [0.15, 0.2) is 6.10 Å². The zero-order valence-corrected chi connectivity index (χ0v) is 17.2. The SMILES string of the molecule is O=C1OC(C(=O)NC(c2ccccc2)c2c(O)ccc3ccccc23)Cc2ccccc21. The highest BCUT2D eigenvalue weighted by Gasteiger charge is 2.33. The lowest BCUT2D eigenvalue weighted by Crippen LogP contribution is -2.43. The molecule has 32 heavy (non-hydrogen) atoms. The van der Waals surface area contributed by atoms with Gasteiger partial charge in [0.2, 0.25) is 0 Å². The van der Waals surface area contributed by atoms with Gasteiger partial charge in [-0.3, -0.25) is 4.79 Å². The maximum Gasteiger partial charge on any atom is 0.339 e. The summed E-state index contributed by atoms with van der Waals surface area (Å²) in [5.74, 6) is -0.825. The number of phenols is 1. The van der Waals surface area contributed by atoms with Crippen molar-refractivity contribution in [1.29, 1.82) is 0 Å². The minimum Gasteiger partial charge on any atom is -0.508 e. The van der Waals surface area contributed by atoms with Gasteiger partial charge in [0, 0.05) is 12.0 Å². The molecule has 0 saturated carbocycles. The van der Waals surface area contributed by atoms with E-state index in [2.05, 4.69) is 5.32 Å². The van der Waals surface area contributed by atoms with Crippen LogP contribution in [0.25, 0.3) is 10.8 Å². The number of hydrogen-bond donors (Lipinski definition) is 2. The second-order valence-electron chi connectivity index (χ2n) is 7.83. The third-order valence-electron chi connectivity index (χ3n) is 5.84. The Morgan fingerprint density at radius 3 is 2.47 bits per heavy atom. The number of fused-ring (bicyclic) bond motifs is 2. The Kier molecular flexibility index (Phi) is 5.07. The molecule has 1 amide bonds. The number of benzene rings is 4. The molecule has 0 fully saturated rings. The summed E-state index contributed by atoms with van der Waals surface area (Å²) in [6.45, 7) is 0. The van der Waals surface area contributed by atoms with Crippen molar-refractivity contribution >= 4 is 22.6 Å². The summed E-state index contributed by atoms with van der Waals surface area (Å²) in [6, 6.07) is 27.2. The molecule has 0 radical (unpaired) electrons. The monoisotopic (exact) mass is 423 g/mol. The van der Waals surface area contributed by atoms with E-state index in [0.29, 0.717) is 17.5 Å². The Morgan fingerprint density at radius 1 is 0.906 bits per heavy atom. The summed E-state index contributed by atoms with van der Waals surface area (Å²) in [6.07, 6.45) is -0.641. The number of carbonyl (C=O) groups excluding carboxylic acids is 2. The molecule has 1 aliphatic rings. The Balaban J connectivity index is 1.54. The summed E-state index contributed by atoms with van der Waals surface area (Å²) < 4.78 is 5.45. The lowest BCUT2D eigenvalue weighted by Gasteiger charge is -2.27. The molecular weight excluding hydrogens is 402 g/mol. The van der Waals surface area contributed by atoms with E-state index in [-0.39, 0.29) is 5.75 Å². The number of nitrogens with one attached hydrogen (secondary N) is 1. The molecule has 2 N–H and O–H groups in total. The number of phenolic OH excluding ortho intramolecular Hbond substituents is 1. The van der Waals surface area contributed by atoms with Gasteiger partial charge in [-0.25, -0.2) is 4.79 Å². The molecule has 0 saturated heterocycles. The molecule has 158 valence electrons. The molecule has 5 nitrogen and oxygen atoms in total. The minimum absolute atomic E-state index is 0.0869. The molecular formula is C27H21NO4. The summed E-state index contributed by atoms with van der Waals surface area (Å²) in [7, 11) is 0. The van der Waals surface area contributed by atoms with Gasteiger partial charge < -0.3 is 15.2 Å². The first-order chi connectivity index (χ1) is 15.6. The standard InChI is InChI=1S/C27H21NO4/c29-22-15-14-17-8-4-6-12-20(17)24(22)25(18-9-2-1-3-10-18)28-26(30)23-16-19-11-5-7-13-21(19)27(31)32-23/h1-15,23,25,29H,16H2,(H,28,30). The molecule has 0 aromatic heterocycles. The second kappa shape index (κ2) is 8.19. The molecule has 5 rings (SSSR count). The van der Waals surface area contributed by atoms with E-state index >= 15 is 0 Å². The molecule has 0 aliphatic carbocycles. The topological polar surface area (TPSA) is 75.6 Å². The number of rotatable bonds is 4. The number of esters is 1. The quantitative estimate of drug-likeness (QED) is 0.473. The van der Waals surface area contributed by atoms with Gasteiger partial charge in [-0.05, 0) is 34.0 Å². The second-order valence-corrected chi connectivity index (χ2v) is 7.83. The normalized spacial score (nSPS) is 16.1. The fraction of sp³-hybridized carbons (Fsp3) is 0.111. The van der Waals surface area contributed by atoms with Gasteiger partial charge in [0.05, 0.1) is 11.6 Å². The molecule has 4 aromatic rings. The van der Waals surface area contributed by atoms with Crippen molar-refractivity contribution in [1.82, 2.24) is 5.32 Å². The summed E-state index contributed by atoms with van der Waals surface area (Å²) in [5.41, 5.74) is 2.69. The smallest absolute Gasteiger partial charge is 0.339 e. The Morgan fingerprint density at radius 2 is 1.62 bits per heavy atom. The number of cyclic esters (lactones) is 1. The highest BCUT2D eigenvalue weighted by atomic mass is 16.5. The summed E-state index contributed by atoms with van der Waals surface area (Å²) in [5, 5.41) is 15.6. The molecule has 1 heterocycles. The maximum absolute atomic E-state index is 13.3. The fourth-order valence-corrected chi connectivity index (χ4v) is 4.27. The fourth-order valence-electron chi connectivity index (χ4n) is 4.27. The predicted octanol–water partition coefficient (Wildman–Crippen LogP) is 4.53. The average Bonchev–Trinajstić information content (AvgIpc) is 2.83. The first-order valence-electron chi connectivity index (χ1n) is 10.5. The zero-order chi connectivity index (χ0) is 22.1. The Labute approximate surface area is 185 Å². The summed E-state index contributed by atoms with van der Waals surface area (Å²) >= 11 is 0. The highest BCUT2D eigenvalue weighted by molar-refractivity contribution is 5.96. The van der Waals surface area contributed by atoms with Crippen molar-refractivity contribution in [2.45, 2.75) is 18.6 Å².